The molecule has 3 aliphatic rings. The Morgan fingerprint density at radius 1 is 0.950 bits per heavy atom. The van der Waals surface area contributed by atoms with Gasteiger partial charge in [-0.25, -0.2) is 0 Å². The van der Waals surface area contributed by atoms with Crippen LogP contribution >= 0.6 is 0 Å². The number of piperazine rings is 1. The fourth-order valence-electron chi connectivity index (χ4n) is 3.88. The van der Waals surface area contributed by atoms with E-state index in [-0.39, 0.29) is 0 Å². The molecule has 2 aliphatic carbocycles. The summed E-state index contributed by atoms with van der Waals surface area (Å²) in [4.78, 5) is 17.3. The third-order valence-corrected chi connectivity index (χ3v) is 5.61. The molecule has 3 fully saturated rings. The van der Waals surface area contributed by atoms with E-state index < -0.39 is 0 Å². The molecule has 0 aromatic heterocycles. The van der Waals surface area contributed by atoms with Crippen LogP contribution in [0.15, 0.2) is 0 Å². The van der Waals surface area contributed by atoms with Crippen molar-refractivity contribution in [3.8, 4) is 0 Å². The van der Waals surface area contributed by atoms with E-state index in [0.717, 1.165) is 37.6 Å². The second-order valence-electron chi connectivity index (χ2n) is 7.26. The van der Waals surface area contributed by atoms with Gasteiger partial charge in [-0.2, -0.15) is 0 Å². The zero-order valence-corrected chi connectivity index (χ0v) is 13.0. The number of carbonyl (C=O) groups is 1. The third kappa shape index (κ3) is 3.82. The molecular formula is C17H30N2O. The predicted octanol–water partition coefficient (Wildman–Crippen LogP) is 2.41. The largest absolute Gasteiger partial charge is 0.301 e. The van der Waals surface area contributed by atoms with E-state index >= 15 is 0 Å². The van der Waals surface area contributed by atoms with Crippen LogP contribution in [-0.2, 0) is 4.79 Å². The fraction of sp³-hybridized carbons (Fsp3) is 0.941. The van der Waals surface area contributed by atoms with Crippen LogP contribution in [0.4, 0.5) is 0 Å². The van der Waals surface area contributed by atoms with Crippen molar-refractivity contribution in [2.75, 3.05) is 39.3 Å². The van der Waals surface area contributed by atoms with Gasteiger partial charge in [0.25, 0.3) is 0 Å². The van der Waals surface area contributed by atoms with E-state index in [1.807, 2.05) is 0 Å². The molecule has 3 heteroatoms. The van der Waals surface area contributed by atoms with Gasteiger partial charge >= 0.3 is 0 Å². The molecule has 3 rings (SSSR count). The average Bonchev–Trinajstić information content (AvgIpc) is 3.27. The minimum atomic E-state index is 0.337. The maximum atomic E-state index is 12.1. The smallest absolute Gasteiger partial charge is 0.137 e. The second kappa shape index (κ2) is 6.57. The van der Waals surface area contributed by atoms with Gasteiger partial charge in [-0.05, 0) is 37.5 Å². The Labute approximate surface area is 123 Å². The molecule has 114 valence electrons. The van der Waals surface area contributed by atoms with Gasteiger partial charge in [-0.1, -0.05) is 13.3 Å². The Bertz CT molecular complexity index is 332. The van der Waals surface area contributed by atoms with E-state index in [0.29, 0.717) is 11.7 Å². The first-order valence-corrected chi connectivity index (χ1v) is 8.72. The highest BCUT2D eigenvalue weighted by atomic mass is 16.1. The first-order chi connectivity index (χ1) is 9.74. The molecule has 2 atom stereocenters. The van der Waals surface area contributed by atoms with Gasteiger partial charge in [0.05, 0.1) is 0 Å². The van der Waals surface area contributed by atoms with Gasteiger partial charge in [0, 0.05) is 51.6 Å². The summed E-state index contributed by atoms with van der Waals surface area (Å²) in [6.07, 6.45) is 7.28. The minimum Gasteiger partial charge on any atom is -0.301 e. The molecule has 20 heavy (non-hydrogen) atoms. The number of ketones is 1. The van der Waals surface area contributed by atoms with Gasteiger partial charge < -0.3 is 9.80 Å². The van der Waals surface area contributed by atoms with Crippen molar-refractivity contribution in [3.63, 3.8) is 0 Å². The van der Waals surface area contributed by atoms with Crippen molar-refractivity contribution in [1.29, 1.82) is 0 Å². The van der Waals surface area contributed by atoms with Gasteiger partial charge in [0.2, 0.25) is 0 Å². The zero-order chi connectivity index (χ0) is 13.9. The van der Waals surface area contributed by atoms with E-state index in [9.17, 15) is 4.79 Å². The number of Topliss-reactive ketones (excluding diaryl/α,β-unsaturated/α-hetero) is 1. The van der Waals surface area contributed by atoms with Gasteiger partial charge in [-0.15, -0.1) is 0 Å². The number of nitrogens with zero attached hydrogens (tertiary/aromatic N) is 2. The Hall–Kier alpha value is -0.410. The molecule has 3 nitrogen and oxygen atoms in total. The summed E-state index contributed by atoms with van der Waals surface area (Å²) in [7, 11) is 0. The van der Waals surface area contributed by atoms with Gasteiger partial charge in [-0.3, -0.25) is 4.79 Å². The fourth-order valence-corrected chi connectivity index (χ4v) is 3.88. The standard InChI is InChI=1S/C17H30N2O/c1-2-14-5-6-17(20)16(11-14)13-19-9-7-18(8-10-19)12-15-3-4-15/h14-16H,2-13H2,1H3. The van der Waals surface area contributed by atoms with E-state index in [1.165, 1.54) is 52.0 Å². The molecule has 1 saturated heterocycles. The van der Waals surface area contributed by atoms with Crippen LogP contribution < -0.4 is 0 Å². The Morgan fingerprint density at radius 2 is 1.60 bits per heavy atom. The molecule has 0 spiro atoms. The highest BCUT2D eigenvalue weighted by molar-refractivity contribution is 5.81. The second-order valence-corrected chi connectivity index (χ2v) is 7.26. The topological polar surface area (TPSA) is 23.6 Å². The number of rotatable bonds is 5. The minimum absolute atomic E-state index is 0.337. The quantitative estimate of drug-likeness (QED) is 0.771. The van der Waals surface area contributed by atoms with Crippen molar-refractivity contribution in [3.05, 3.63) is 0 Å². The summed E-state index contributed by atoms with van der Waals surface area (Å²) >= 11 is 0. The van der Waals surface area contributed by atoms with E-state index in [1.54, 1.807) is 0 Å². The number of hydrogen-bond donors (Lipinski definition) is 0. The highest BCUT2D eigenvalue weighted by Gasteiger charge is 2.31. The van der Waals surface area contributed by atoms with Crippen molar-refractivity contribution < 1.29 is 4.79 Å². The van der Waals surface area contributed by atoms with Crippen LogP contribution in [0.5, 0.6) is 0 Å². The lowest BCUT2D eigenvalue weighted by molar-refractivity contribution is -0.126. The molecule has 1 aliphatic heterocycles. The van der Waals surface area contributed by atoms with Crippen molar-refractivity contribution in [1.82, 2.24) is 9.80 Å². The van der Waals surface area contributed by atoms with Crippen LogP contribution in [0.25, 0.3) is 0 Å². The van der Waals surface area contributed by atoms with E-state index in [2.05, 4.69) is 16.7 Å². The lowest BCUT2D eigenvalue weighted by Gasteiger charge is -2.37. The summed E-state index contributed by atoms with van der Waals surface area (Å²) in [5.41, 5.74) is 0. The highest BCUT2D eigenvalue weighted by Crippen LogP contribution is 2.31. The first-order valence-electron chi connectivity index (χ1n) is 8.72. The summed E-state index contributed by atoms with van der Waals surface area (Å²) < 4.78 is 0. The summed E-state index contributed by atoms with van der Waals surface area (Å²) in [5, 5.41) is 0. The van der Waals surface area contributed by atoms with Crippen LogP contribution in [-0.4, -0.2) is 54.9 Å². The monoisotopic (exact) mass is 278 g/mol. The molecule has 0 amide bonds. The summed E-state index contributed by atoms with van der Waals surface area (Å²) in [6.45, 7) is 9.42. The van der Waals surface area contributed by atoms with E-state index in [4.69, 9.17) is 0 Å². The number of carbonyl (C=O) groups excluding carboxylic acids is 1. The molecule has 0 aromatic rings. The summed E-state index contributed by atoms with van der Waals surface area (Å²) in [6, 6.07) is 0. The van der Waals surface area contributed by atoms with Crippen LogP contribution in [0.2, 0.25) is 0 Å². The van der Waals surface area contributed by atoms with Crippen LogP contribution in [0.1, 0.15) is 45.4 Å². The molecule has 2 unspecified atom stereocenters. The Balaban J connectivity index is 1.42. The lowest BCUT2D eigenvalue weighted by atomic mass is 9.79. The van der Waals surface area contributed by atoms with Crippen molar-refractivity contribution >= 4 is 5.78 Å². The third-order valence-electron chi connectivity index (χ3n) is 5.61. The first kappa shape index (κ1) is 14.5. The molecule has 0 radical (unpaired) electrons. The molecular weight excluding hydrogens is 248 g/mol. The zero-order valence-electron chi connectivity index (χ0n) is 13.0. The molecule has 0 bridgehead atoms. The molecule has 0 aromatic carbocycles. The molecule has 0 N–H and O–H groups in total. The number of hydrogen-bond acceptors (Lipinski definition) is 3. The molecule has 1 heterocycles. The van der Waals surface area contributed by atoms with Gasteiger partial charge in [0.1, 0.15) is 5.78 Å². The Kier molecular flexibility index (Phi) is 4.77. The maximum absolute atomic E-state index is 12.1. The normalized spacial score (nSPS) is 33.5. The summed E-state index contributed by atoms with van der Waals surface area (Å²) in [5.74, 6) is 2.68. The van der Waals surface area contributed by atoms with Crippen molar-refractivity contribution in [2.24, 2.45) is 17.8 Å². The Morgan fingerprint density at radius 3 is 2.20 bits per heavy atom. The van der Waals surface area contributed by atoms with Crippen LogP contribution in [0, 0.1) is 17.8 Å². The lowest BCUT2D eigenvalue weighted by Crippen LogP contribution is -2.49. The molecule has 2 saturated carbocycles. The maximum Gasteiger partial charge on any atom is 0.137 e. The van der Waals surface area contributed by atoms with Gasteiger partial charge in [0.15, 0.2) is 0 Å². The average molecular weight is 278 g/mol. The van der Waals surface area contributed by atoms with Crippen molar-refractivity contribution in [2.45, 2.75) is 45.4 Å². The van der Waals surface area contributed by atoms with Crippen LogP contribution in [0.3, 0.4) is 0 Å². The predicted molar refractivity (Wildman–Crippen MR) is 81.7 cm³/mol. The SMILES string of the molecule is CCC1CCC(=O)C(CN2CCN(CC3CC3)CC2)C1.